The predicted molar refractivity (Wildman–Crippen MR) is 183 cm³/mol. The molecule has 1 unspecified atom stereocenters. The molecule has 0 aliphatic carbocycles. The average Bonchev–Trinajstić information content (AvgIpc) is 3.53. The van der Waals surface area contributed by atoms with E-state index in [0.717, 1.165) is 50.7 Å². The van der Waals surface area contributed by atoms with Crippen molar-refractivity contribution in [3.8, 4) is 17.2 Å². The second-order valence-electron chi connectivity index (χ2n) is 11.5. The van der Waals surface area contributed by atoms with Gasteiger partial charge in [0.05, 0.1) is 17.2 Å². The van der Waals surface area contributed by atoms with Crippen LogP contribution in [0.15, 0.2) is 116 Å². The summed E-state index contributed by atoms with van der Waals surface area (Å²) in [6.07, 6.45) is 6.16. The van der Waals surface area contributed by atoms with E-state index in [1.54, 1.807) is 12.4 Å². The summed E-state index contributed by atoms with van der Waals surface area (Å²) in [7, 11) is 0. The molecule has 0 saturated heterocycles. The van der Waals surface area contributed by atoms with Gasteiger partial charge in [0.25, 0.3) is 5.91 Å². The number of nitrogens with zero attached hydrogens (tertiary/aromatic N) is 2. The van der Waals surface area contributed by atoms with Gasteiger partial charge in [0, 0.05) is 47.5 Å². The summed E-state index contributed by atoms with van der Waals surface area (Å²) in [5, 5.41) is 13.5. The first-order valence-electron chi connectivity index (χ1n) is 15.6. The Morgan fingerprint density at radius 2 is 1.74 bits per heavy atom. The smallest absolute Gasteiger partial charge is 0.339 e. The largest absolute Gasteiger partial charge is 0.457 e. The van der Waals surface area contributed by atoms with Crippen molar-refractivity contribution < 1.29 is 14.3 Å². The van der Waals surface area contributed by atoms with Crippen molar-refractivity contribution in [3.63, 3.8) is 0 Å². The predicted octanol–water partition coefficient (Wildman–Crippen LogP) is 8.24. The van der Waals surface area contributed by atoms with Crippen molar-refractivity contribution in [1.29, 1.82) is 5.26 Å². The van der Waals surface area contributed by atoms with E-state index in [2.05, 4.69) is 28.3 Å². The molecular weight excluding hydrogens is 584 g/mol. The Hall–Kier alpha value is -6.00. The summed E-state index contributed by atoms with van der Waals surface area (Å²) in [6.45, 7) is 4.55. The number of aryl methyl sites for hydroxylation is 1. The normalized spacial score (nSPS) is 11.5. The maximum Gasteiger partial charge on any atom is 0.339 e. The van der Waals surface area contributed by atoms with E-state index in [-0.39, 0.29) is 18.4 Å². The van der Waals surface area contributed by atoms with Crippen molar-refractivity contribution in [1.82, 2.24) is 15.3 Å². The van der Waals surface area contributed by atoms with Crippen molar-refractivity contribution in [2.24, 2.45) is 0 Å². The van der Waals surface area contributed by atoms with E-state index in [4.69, 9.17) is 4.74 Å². The number of aromatic amines is 1. The molecule has 0 aliphatic heterocycles. The highest BCUT2D eigenvalue weighted by Crippen LogP contribution is 2.40. The molecule has 0 bridgehead atoms. The quantitative estimate of drug-likeness (QED) is 0.150. The van der Waals surface area contributed by atoms with Crippen LogP contribution in [0.25, 0.3) is 22.0 Å². The van der Waals surface area contributed by atoms with Crippen LogP contribution in [0.4, 0.5) is 0 Å². The average molecular weight is 619 g/mol. The van der Waals surface area contributed by atoms with E-state index < -0.39 is 5.97 Å². The van der Waals surface area contributed by atoms with Crippen LogP contribution in [0, 0.1) is 18.3 Å². The summed E-state index contributed by atoms with van der Waals surface area (Å²) >= 11 is 0. The zero-order valence-corrected chi connectivity index (χ0v) is 26.3. The molecule has 1 atom stereocenters. The molecule has 2 heterocycles. The Balaban J connectivity index is 1.44. The molecule has 7 nitrogen and oxygen atoms in total. The van der Waals surface area contributed by atoms with E-state index in [1.165, 1.54) is 0 Å². The zero-order valence-electron chi connectivity index (χ0n) is 26.3. The fourth-order valence-corrected chi connectivity index (χ4v) is 6.00. The Labute approximate surface area is 273 Å². The van der Waals surface area contributed by atoms with Gasteiger partial charge in [0.2, 0.25) is 0 Å². The van der Waals surface area contributed by atoms with Crippen LogP contribution < -0.4 is 5.32 Å². The van der Waals surface area contributed by atoms with Crippen LogP contribution in [0.3, 0.4) is 0 Å². The Morgan fingerprint density at radius 1 is 0.915 bits per heavy atom. The van der Waals surface area contributed by atoms with Gasteiger partial charge in [-0.3, -0.25) is 9.78 Å². The minimum Gasteiger partial charge on any atom is -0.457 e. The molecule has 6 aromatic rings. The molecule has 0 fully saturated rings. The maximum absolute atomic E-state index is 13.7. The molecule has 232 valence electrons. The molecular formula is C40H34N4O3. The number of rotatable bonds is 10. The van der Waals surface area contributed by atoms with Crippen LogP contribution in [0.1, 0.15) is 73.4 Å². The minimum atomic E-state index is -0.436. The first-order valence-corrected chi connectivity index (χ1v) is 15.6. The molecule has 0 saturated carbocycles. The molecule has 2 N–H and O–H groups in total. The van der Waals surface area contributed by atoms with Crippen LogP contribution in [0.2, 0.25) is 0 Å². The number of nitrogens with one attached hydrogen (secondary N) is 2. The first kappa shape index (κ1) is 31.0. The van der Waals surface area contributed by atoms with Crippen LogP contribution in [-0.4, -0.2) is 21.8 Å². The van der Waals surface area contributed by atoms with Crippen LogP contribution in [0.5, 0.6) is 0 Å². The fraction of sp³-hybridized carbons (Fsp3) is 0.150. The van der Waals surface area contributed by atoms with Gasteiger partial charge in [-0.15, -0.1) is 0 Å². The number of esters is 1. The third kappa shape index (κ3) is 6.82. The lowest BCUT2D eigenvalue weighted by atomic mass is 9.82. The first-order chi connectivity index (χ1) is 22.9. The zero-order chi connectivity index (χ0) is 32.8. The highest BCUT2D eigenvalue weighted by atomic mass is 16.5. The highest BCUT2D eigenvalue weighted by Gasteiger charge is 2.25. The third-order valence-electron chi connectivity index (χ3n) is 8.39. The van der Waals surface area contributed by atoms with E-state index in [1.807, 2.05) is 110 Å². The highest BCUT2D eigenvalue weighted by molar-refractivity contribution is 6.00. The molecule has 47 heavy (non-hydrogen) atoms. The fourth-order valence-electron chi connectivity index (χ4n) is 6.00. The molecule has 4 aromatic carbocycles. The maximum atomic E-state index is 13.7. The van der Waals surface area contributed by atoms with Gasteiger partial charge < -0.3 is 15.0 Å². The summed E-state index contributed by atoms with van der Waals surface area (Å²) in [5.74, 6) is -0.742. The molecule has 2 aromatic heterocycles. The topological polar surface area (TPSA) is 108 Å². The summed E-state index contributed by atoms with van der Waals surface area (Å²) in [5.41, 5.74) is 8.60. The summed E-state index contributed by atoms with van der Waals surface area (Å²) in [4.78, 5) is 34.7. The lowest BCUT2D eigenvalue weighted by molar-refractivity contribution is 0.0473. The number of amides is 1. The molecule has 0 aliphatic rings. The van der Waals surface area contributed by atoms with Crippen LogP contribution in [-0.2, 0) is 17.9 Å². The van der Waals surface area contributed by atoms with Crippen molar-refractivity contribution in [2.45, 2.75) is 39.3 Å². The molecule has 6 rings (SSSR count). The second-order valence-corrected chi connectivity index (χ2v) is 11.5. The molecule has 7 heteroatoms. The van der Waals surface area contributed by atoms with Gasteiger partial charge in [0.1, 0.15) is 6.61 Å². The molecule has 1 amide bonds. The number of benzene rings is 4. The standard InChI is InChI=1S/C40H34N4O3/c1-3-31(37-24-43-38-19-28(21-41)12-15-34(37)38)32-16-13-30(39(45)44-23-29-10-7-17-42-22-29)20-35(32)33-14-11-26(2)18-36(33)40(46)47-25-27-8-5-4-6-9-27/h4-20,22,24,31,43H,3,23,25H2,1-2H3,(H,44,45). The van der Waals surface area contributed by atoms with Gasteiger partial charge in [0.15, 0.2) is 0 Å². The Kier molecular flexibility index (Phi) is 9.21. The number of fused-ring (bicyclic) bond motifs is 1. The van der Waals surface area contributed by atoms with Gasteiger partial charge in [-0.25, -0.2) is 4.79 Å². The number of carbonyl (C=O) groups is 2. The monoisotopic (exact) mass is 618 g/mol. The number of H-pyrrole nitrogens is 1. The number of hydrogen-bond acceptors (Lipinski definition) is 5. The van der Waals surface area contributed by atoms with Crippen molar-refractivity contribution in [2.75, 3.05) is 0 Å². The molecule has 0 radical (unpaired) electrons. The number of pyridine rings is 1. The van der Waals surface area contributed by atoms with Gasteiger partial charge >= 0.3 is 5.97 Å². The van der Waals surface area contributed by atoms with E-state index in [9.17, 15) is 14.9 Å². The number of nitriles is 1. The van der Waals surface area contributed by atoms with E-state index >= 15 is 0 Å². The van der Waals surface area contributed by atoms with Gasteiger partial charge in [-0.05, 0) is 83.1 Å². The van der Waals surface area contributed by atoms with Gasteiger partial charge in [-0.1, -0.05) is 73.2 Å². The van der Waals surface area contributed by atoms with Crippen molar-refractivity contribution in [3.05, 3.63) is 160 Å². The third-order valence-corrected chi connectivity index (χ3v) is 8.39. The van der Waals surface area contributed by atoms with E-state index in [0.29, 0.717) is 28.8 Å². The minimum absolute atomic E-state index is 0.0753. The number of ether oxygens (including phenoxy) is 1. The Bertz CT molecular complexity index is 2100. The second kappa shape index (κ2) is 14.0. The number of carbonyl (C=O) groups excluding carboxylic acids is 2. The summed E-state index contributed by atoms with van der Waals surface area (Å²) < 4.78 is 5.82. The Morgan fingerprint density at radius 3 is 2.51 bits per heavy atom. The lowest BCUT2D eigenvalue weighted by Crippen LogP contribution is -2.23. The SMILES string of the molecule is CCC(c1ccc(C(=O)NCc2cccnc2)cc1-c1ccc(C)cc1C(=O)OCc1ccccc1)c1c[nH]c2cc(C#N)ccc12. The molecule has 0 spiro atoms. The van der Waals surface area contributed by atoms with Crippen LogP contribution >= 0.6 is 0 Å². The lowest BCUT2D eigenvalue weighted by Gasteiger charge is -2.22. The van der Waals surface area contributed by atoms with Crippen molar-refractivity contribution >= 4 is 22.8 Å². The number of aromatic nitrogens is 2. The summed E-state index contributed by atoms with van der Waals surface area (Å²) in [6, 6.07) is 32.6. The number of hydrogen-bond donors (Lipinski definition) is 2. The van der Waals surface area contributed by atoms with Gasteiger partial charge in [-0.2, -0.15) is 5.26 Å².